The van der Waals surface area contributed by atoms with Crippen LogP contribution in [0.25, 0.3) is 10.9 Å². The zero-order valence-corrected chi connectivity index (χ0v) is 16.5. The third-order valence-corrected chi connectivity index (χ3v) is 4.69. The molecule has 0 saturated heterocycles. The highest BCUT2D eigenvalue weighted by molar-refractivity contribution is 9.10. The minimum Gasteiger partial charge on any atom is -0.393 e. The van der Waals surface area contributed by atoms with Crippen molar-refractivity contribution < 1.29 is 4.39 Å². The fourth-order valence-electron chi connectivity index (χ4n) is 2.81. The molecule has 0 atom stereocenters. The number of hydrogen-bond donors (Lipinski definition) is 3. The molecule has 2 aromatic carbocycles. The minimum absolute atomic E-state index is 0.268. The van der Waals surface area contributed by atoms with Gasteiger partial charge in [-0.25, -0.2) is 14.4 Å². The molecule has 6 nitrogen and oxygen atoms in total. The molecule has 0 aliphatic rings. The Bertz CT molecular complexity index is 1180. The van der Waals surface area contributed by atoms with Gasteiger partial charge in [0.1, 0.15) is 17.8 Å². The van der Waals surface area contributed by atoms with E-state index in [0.29, 0.717) is 16.1 Å². The highest BCUT2D eigenvalue weighted by atomic mass is 79.9. The molecule has 0 saturated carbocycles. The Hall–Kier alpha value is -3.26. The largest absolute Gasteiger partial charge is 0.393 e. The molecule has 0 fully saturated rings. The van der Waals surface area contributed by atoms with Gasteiger partial charge in [-0.1, -0.05) is 22.0 Å². The van der Waals surface area contributed by atoms with Crippen LogP contribution in [0.5, 0.6) is 0 Å². The van der Waals surface area contributed by atoms with Crippen molar-refractivity contribution in [2.45, 2.75) is 6.92 Å². The van der Waals surface area contributed by atoms with Crippen LogP contribution in [-0.4, -0.2) is 15.0 Å². The minimum atomic E-state index is -0.419. The number of pyridine rings is 1. The molecule has 8 heteroatoms. The van der Waals surface area contributed by atoms with Crippen LogP contribution in [0.1, 0.15) is 5.69 Å². The van der Waals surface area contributed by atoms with E-state index in [2.05, 4.69) is 41.5 Å². The smallest absolute Gasteiger partial charge is 0.159 e. The van der Waals surface area contributed by atoms with Crippen LogP contribution >= 0.6 is 15.9 Å². The van der Waals surface area contributed by atoms with Gasteiger partial charge in [0.05, 0.1) is 11.2 Å². The maximum Gasteiger partial charge on any atom is 0.159 e. The lowest BCUT2D eigenvalue weighted by atomic mass is 10.1. The monoisotopic (exact) mass is 438 g/mol. The van der Waals surface area contributed by atoms with E-state index >= 15 is 0 Å². The first-order chi connectivity index (χ1) is 13.5. The number of halogens is 2. The van der Waals surface area contributed by atoms with Gasteiger partial charge >= 0.3 is 0 Å². The van der Waals surface area contributed by atoms with E-state index in [-0.39, 0.29) is 11.4 Å². The molecule has 0 bridgehead atoms. The number of nitrogens with one attached hydrogen (secondary N) is 2. The summed E-state index contributed by atoms with van der Waals surface area (Å²) in [7, 11) is 0. The number of nitrogens with two attached hydrogens (primary N) is 1. The van der Waals surface area contributed by atoms with Crippen molar-refractivity contribution in [3.05, 3.63) is 70.8 Å². The second-order valence-electron chi connectivity index (χ2n) is 6.18. The number of hydrogen-bond acceptors (Lipinski definition) is 6. The van der Waals surface area contributed by atoms with Crippen LogP contribution in [0.2, 0.25) is 0 Å². The van der Waals surface area contributed by atoms with Gasteiger partial charge in [-0.05, 0) is 49.4 Å². The van der Waals surface area contributed by atoms with E-state index in [1.807, 2.05) is 37.3 Å². The summed E-state index contributed by atoms with van der Waals surface area (Å²) < 4.78 is 14.8. The van der Waals surface area contributed by atoms with Gasteiger partial charge in [-0.15, -0.1) is 0 Å². The normalized spacial score (nSPS) is 10.8. The summed E-state index contributed by atoms with van der Waals surface area (Å²) in [5.74, 6) is 0.313. The molecule has 4 N–H and O–H groups in total. The standard InChI is InChI=1S/C20H16BrFN6/c1-11-5-7-13-15(26-11)3-2-4-16(13)27-19-18(23)20(25-10-24-19)28-17-8-6-12(21)9-14(17)22/h2-10H,23H2,1H3,(H2,24,25,27,28). The van der Waals surface area contributed by atoms with Crippen LogP contribution in [0, 0.1) is 12.7 Å². The summed E-state index contributed by atoms with van der Waals surface area (Å²) in [6.07, 6.45) is 1.37. The molecule has 28 heavy (non-hydrogen) atoms. The lowest BCUT2D eigenvalue weighted by molar-refractivity contribution is 0.631. The van der Waals surface area contributed by atoms with Gasteiger partial charge in [0, 0.05) is 21.2 Å². The molecular weight excluding hydrogens is 423 g/mol. The summed E-state index contributed by atoms with van der Waals surface area (Å²) in [5, 5.41) is 7.09. The Balaban J connectivity index is 1.68. The number of aryl methyl sites for hydroxylation is 1. The third kappa shape index (κ3) is 3.59. The predicted molar refractivity (Wildman–Crippen MR) is 114 cm³/mol. The van der Waals surface area contributed by atoms with Crippen LogP contribution in [0.4, 0.5) is 33.1 Å². The molecule has 140 valence electrons. The van der Waals surface area contributed by atoms with Crippen LogP contribution in [0.3, 0.4) is 0 Å². The van der Waals surface area contributed by atoms with Crippen LogP contribution in [0.15, 0.2) is 59.3 Å². The van der Waals surface area contributed by atoms with Crippen molar-refractivity contribution in [2.24, 2.45) is 0 Å². The van der Waals surface area contributed by atoms with Crippen molar-refractivity contribution in [2.75, 3.05) is 16.4 Å². The zero-order valence-electron chi connectivity index (χ0n) is 14.9. The summed E-state index contributed by atoms with van der Waals surface area (Å²) >= 11 is 3.24. The van der Waals surface area contributed by atoms with Gasteiger partial charge in [-0.2, -0.15) is 0 Å². The maximum absolute atomic E-state index is 14.1. The van der Waals surface area contributed by atoms with Crippen molar-refractivity contribution in [3.63, 3.8) is 0 Å². The lowest BCUT2D eigenvalue weighted by Crippen LogP contribution is -2.06. The molecule has 0 aliphatic heterocycles. The number of benzene rings is 2. The zero-order chi connectivity index (χ0) is 19.7. The second-order valence-corrected chi connectivity index (χ2v) is 7.10. The Morgan fingerprint density at radius 1 is 0.964 bits per heavy atom. The van der Waals surface area contributed by atoms with E-state index in [1.165, 1.54) is 12.4 Å². The van der Waals surface area contributed by atoms with E-state index in [0.717, 1.165) is 22.3 Å². The lowest BCUT2D eigenvalue weighted by Gasteiger charge is -2.14. The van der Waals surface area contributed by atoms with E-state index in [1.54, 1.807) is 12.1 Å². The van der Waals surface area contributed by atoms with Crippen molar-refractivity contribution in [1.82, 2.24) is 15.0 Å². The molecule has 0 unspecified atom stereocenters. The second kappa shape index (κ2) is 7.40. The molecule has 0 radical (unpaired) electrons. The summed E-state index contributed by atoms with van der Waals surface area (Å²) in [6.45, 7) is 1.95. The fourth-order valence-corrected chi connectivity index (χ4v) is 3.14. The van der Waals surface area contributed by atoms with Crippen molar-refractivity contribution in [1.29, 1.82) is 0 Å². The molecule has 0 spiro atoms. The first kappa shape index (κ1) is 18.1. The van der Waals surface area contributed by atoms with Gasteiger partial charge in [0.2, 0.25) is 0 Å². The average molecular weight is 439 g/mol. The molecular formula is C20H16BrFN6. The predicted octanol–water partition coefficient (Wildman–Crippen LogP) is 5.30. The molecule has 0 amide bonds. The number of fused-ring (bicyclic) bond motifs is 1. The van der Waals surface area contributed by atoms with Gasteiger partial charge < -0.3 is 16.4 Å². The Kier molecular flexibility index (Phi) is 4.79. The van der Waals surface area contributed by atoms with Gasteiger partial charge in [0.15, 0.2) is 11.6 Å². The average Bonchev–Trinajstić information content (AvgIpc) is 2.67. The van der Waals surface area contributed by atoms with Gasteiger partial charge in [-0.3, -0.25) is 4.98 Å². The van der Waals surface area contributed by atoms with Gasteiger partial charge in [0.25, 0.3) is 0 Å². The number of rotatable bonds is 4. The Morgan fingerprint density at radius 2 is 1.71 bits per heavy atom. The van der Waals surface area contributed by atoms with Crippen molar-refractivity contribution >= 4 is 55.5 Å². The Labute approximate surface area is 169 Å². The molecule has 4 aromatic rings. The van der Waals surface area contributed by atoms with Crippen molar-refractivity contribution in [3.8, 4) is 0 Å². The number of aromatic nitrogens is 3. The summed E-state index contributed by atoms with van der Waals surface area (Å²) in [5.41, 5.74) is 9.40. The van der Waals surface area contributed by atoms with E-state index < -0.39 is 5.82 Å². The topological polar surface area (TPSA) is 88.8 Å². The van der Waals surface area contributed by atoms with E-state index in [4.69, 9.17) is 5.73 Å². The Morgan fingerprint density at radius 3 is 2.46 bits per heavy atom. The summed E-state index contributed by atoms with van der Waals surface area (Å²) in [4.78, 5) is 12.9. The molecule has 2 aromatic heterocycles. The number of nitrogens with zero attached hydrogens (tertiary/aromatic N) is 3. The fraction of sp³-hybridized carbons (Fsp3) is 0.0500. The first-order valence-electron chi connectivity index (χ1n) is 8.47. The molecule has 4 rings (SSSR count). The number of anilines is 5. The highest BCUT2D eigenvalue weighted by Gasteiger charge is 2.12. The number of nitrogen functional groups attached to an aromatic ring is 1. The molecule has 2 heterocycles. The van der Waals surface area contributed by atoms with E-state index in [9.17, 15) is 4.39 Å². The van der Waals surface area contributed by atoms with Crippen LogP contribution < -0.4 is 16.4 Å². The summed E-state index contributed by atoms with van der Waals surface area (Å²) in [6, 6.07) is 14.4. The SMILES string of the molecule is Cc1ccc2c(Nc3ncnc(Nc4ccc(Br)cc4F)c3N)cccc2n1. The third-order valence-electron chi connectivity index (χ3n) is 4.19. The maximum atomic E-state index is 14.1. The van der Waals surface area contributed by atoms with Crippen LogP contribution in [-0.2, 0) is 0 Å². The first-order valence-corrected chi connectivity index (χ1v) is 9.26. The quantitative estimate of drug-likeness (QED) is 0.400. The molecule has 0 aliphatic carbocycles. The highest BCUT2D eigenvalue weighted by Crippen LogP contribution is 2.32.